The minimum absolute atomic E-state index is 0.00118. The van der Waals surface area contributed by atoms with Gasteiger partial charge in [0.15, 0.2) is 6.61 Å². The summed E-state index contributed by atoms with van der Waals surface area (Å²) in [6.07, 6.45) is 2.98. The van der Waals surface area contributed by atoms with E-state index >= 15 is 0 Å². The van der Waals surface area contributed by atoms with E-state index in [2.05, 4.69) is 17.4 Å². The van der Waals surface area contributed by atoms with Gasteiger partial charge in [-0.25, -0.2) is 8.42 Å². The zero-order valence-electron chi connectivity index (χ0n) is 18.6. The van der Waals surface area contributed by atoms with E-state index in [1.807, 2.05) is 42.5 Å². The molecule has 0 fully saturated rings. The van der Waals surface area contributed by atoms with Gasteiger partial charge in [-0.05, 0) is 60.2 Å². The molecule has 1 unspecified atom stereocenters. The summed E-state index contributed by atoms with van der Waals surface area (Å²) < 4.78 is 32.6. The van der Waals surface area contributed by atoms with Crippen LogP contribution >= 0.6 is 0 Å². The average molecular weight is 465 g/mol. The van der Waals surface area contributed by atoms with Crippen LogP contribution < -0.4 is 10.1 Å². The average Bonchev–Trinajstić information content (AvgIpc) is 2.84. The van der Waals surface area contributed by atoms with Gasteiger partial charge in [0.25, 0.3) is 5.91 Å². The molecule has 1 N–H and O–H groups in total. The fourth-order valence-electron chi connectivity index (χ4n) is 4.10. The number of fused-ring (bicyclic) bond motifs is 1. The largest absolute Gasteiger partial charge is 0.484 e. The molecule has 0 radical (unpaired) electrons. The highest BCUT2D eigenvalue weighted by Crippen LogP contribution is 2.29. The van der Waals surface area contributed by atoms with E-state index < -0.39 is 10.0 Å². The Bertz CT molecular complexity index is 1190. The number of nitrogens with one attached hydrogen (secondary N) is 1. The van der Waals surface area contributed by atoms with Crippen molar-refractivity contribution in [3.05, 3.63) is 95.6 Å². The SMILES string of the molecule is CN(Cc1ccccc1)S(=O)(=O)c1ccc(OCC(=O)NC2CCCc3ccccc32)cc1. The second kappa shape index (κ2) is 10.2. The number of sulfonamides is 1. The second-order valence-electron chi connectivity index (χ2n) is 8.22. The van der Waals surface area contributed by atoms with E-state index in [4.69, 9.17) is 4.74 Å². The topological polar surface area (TPSA) is 75.7 Å². The summed E-state index contributed by atoms with van der Waals surface area (Å²) in [5, 5.41) is 3.05. The molecule has 4 rings (SSSR count). The Balaban J connectivity index is 1.33. The van der Waals surface area contributed by atoms with E-state index in [-0.39, 0.29) is 30.0 Å². The van der Waals surface area contributed by atoms with E-state index in [1.165, 1.54) is 27.6 Å². The Morgan fingerprint density at radius 3 is 2.45 bits per heavy atom. The molecule has 0 aliphatic heterocycles. The lowest BCUT2D eigenvalue weighted by atomic mass is 9.88. The molecular formula is C26H28N2O4S. The van der Waals surface area contributed by atoms with Gasteiger partial charge in [0.2, 0.25) is 10.0 Å². The number of nitrogens with zero attached hydrogens (tertiary/aromatic N) is 1. The smallest absolute Gasteiger partial charge is 0.258 e. The lowest BCUT2D eigenvalue weighted by molar-refractivity contribution is -0.124. The fourth-order valence-corrected chi connectivity index (χ4v) is 5.26. The van der Waals surface area contributed by atoms with Crippen LogP contribution in [0, 0.1) is 0 Å². The first-order valence-corrected chi connectivity index (χ1v) is 12.5. The molecule has 0 spiro atoms. The maximum atomic E-state index is 12.9. The number of benzene rings is 3. The van der Waals surface area contributed by atoms with Gasteiger partial charge < -0.3 is 10.1 Å². The number of rotatable bonds is 8. The fraction of sp³-hybridized carbons (Fsp3) is 0.269. The van der Waals surface area contributed by atoms with E-state index in [9.17, 15) is 13.2 Å². The third-order valence-corrected chi connectivity index (χ3v) is 7.67. The Hall–Kier alpha value is -3.16. The number of carbonyl (C=O) groups excluding carboxylic acids is 1. The van der Waals surface area contributed by atoms with Gasteiger partial charge in [-0.1, -0.05) is 54.6 Å². The number of hydrogen-bond acceptors (Lipinski definition) is 4. The van der Waals surface area contributed by atoms with Gasteiger partial charge in [0.05, 0.1) is 10.9 Å². The van der Waals surface area contributed by atoms with Crippen LogP contribution in [0.15, 0.2) is 83.8 Å². The van der Waals surface area contributed by atoms with Crippen LogP contribution in [0.3, 0.4) is 0 Å². The van der Waals surface area contributed by atoms with Crippen molar-refractivity contribution in [3.63, 3.8) is 0 Å². The van der Waals surface area contributed by atoms with Crippen molar-refractivity contribution in [2.24, 2.45) is 0 Å². The van der Waals surface area contributed by atoms with Crippen LogP contribution in [-0.4, -0.2) is 32.3 Å². The molecule has 1 amide bonds. The summed E-state index contributed by atoms with van der Waals surface area (Å²) in [6, 6.07) is 23.8. The molecule has 33 heavy (non-hydrogen) atoms. The Labute approximate surface area is 195 Å². The van der Waals surface area contributed by atoms with Crippen molar-refractivity contribution in [2.45, 2.75) is 36.7 Å². The highest BCUT2D eigenvalue weighted by molar-refractivity contribution is 7.89. The summed E-state index contributed by atoms with van der Waals surface area (Å²) in [5.74, 6) is 0.245. The Kier molecular flexibility index (Phi) is 7.11. The van der Waals surface area contributed by atoms with Crippen LogP contribution in [0.5, 0.6) is 5.75 Å². The lowest BCUT2D eigenvalue weighted by Crippen LogP contribution is -2.34. The highest BCUT2D eigenvalue weighted by Gasteiger charge is 2.22. The summed E-state index contributed by atoms with van der Waals surface area (Å²) in [7, 11) is -2.08. The van der Waals surface area contributed by atoms with E-state index in [0.717, 1.165) is 24.8 Å². The first kappa shape index (κ1) is 23.0. The standard InChI is InChI=1S/C26H28N2O4S/c1-28(18-20-8-3-2-4-9-20)33(30,31)23-16-14-22(15-17-23)32-19-26(29)27-25-13-7-11-21-10-5-6-12-24(21)25/h2-6,8-10,12,14-17,25H,7,11,13,18-19H2,1H3,(H,27,29). The molecular weight excluding hydrogens is 436 g/mol. The first-order valence-electron chi connectivity index (χ1n) is 11.0. The monoisotopic (exact) mass is 464 g/mol. The van der Waals surface area contributed by atoms with Gasteiger partial charge in [-0.15, -0.1) is 0 Å². The number of hydrogen-bond donors (Lipinski definition) is 1. The summed E-state index contributed by atoms with van der Waals surface area (Å²) in [5.41, 5.74) is 3.37. The maximum absolute atomic E-state index is 12.9. The zero-order chi connectivity index (χ0) is 23.3. The molecule has 0 saturated heterocycles. The van der Waals surface area contributed by atoms with Gasteiger partial charge in [0, 0.05) is 13.6 Å². The number of carbonyl (C=O) groups is 1. The second-order valence-corrected chi connectivity index (χ2v) is 10.3. The Morgan fingerprint density at radius 1 is 1.00 bits per heavy atom. The number of aryl methyl sites for hydroxylation is 1. The third-order valence-electron chi connectivity index (χ3n) is 5.85. The highest BCUT2D eigenvalue weighted by atomic mass is 32.2. The molecule has 1 aliphatic carbocycles. The minimum Gasteiger partial charge on any atom is -0.484 e. The van der Waals surface area contributed by atoms with Crippen LogP contribution in [0.4, 0.5) is 0 Å². The zero-order valence-corrected chi connectivity index (χ0v) is 19.4. The van der Waals surface area contributed by atoms with Crippen molar-refractivity contribution in [2.75, 3.05) is 13.7 Å². The molecule has 0 heterocycles. The van der Waals surface area contributed by atoms with Crippen LogP contribution in [0.25, 0.3) is 0 Å². The van der Waals surface area contributed by atoms with E-state index in [1.54, 1.807) is 19.2 Å². The molecule has 3 aromatic rings. The van der Waals surface area contributed by atoms with Crippen molar-refractivity contribution in [1.29, 1.82) is 0 Å². The molecule has 0 aromatic heterocycles. The minimum atomic E-state index is -3.63. The molecule has 1 atom stereocenters. The van der Waals surface area contributed by atoms with Crippen molar-refractivity contribution >= 4 is 15.9 Å². The molecule has 6 nitrogen and oxygen atoms in total. The molecule has 0 bridgehead atoms. The van der Waals surface area contributed by atoms with Crippen LogP contribution in [0.1, 0.15) is 35.6 Å². The normalized spacial score (nSPS) is 15.6. The van der Waals surface area contributed by atoms with Crippen LogP contribution in [0.2, 0.25) is 0 Å². The van der Waals surface area contributed by atoms with Gasteiger partial charge in [-0.2, -0.15) is 4.31 Å². The van der Waals surface area contributed by atoms with Crippen LogP contribution in [-0.2, 0) is 27.8 Å². The Morgan fingerprint density at radius 2 is 1.70 bits per heavy atom. The molecule has 7 heteroatoms. The molecule has 172 valence electrons. The lowest BCUT2D eigenvalue weighted by Gasteiger charge is -2.26. The number of ether oxygens (including phenoxy) is 1. The summed E-state index contributed by atoms with van der Waals surface area (Å²) >= 11 is 0. The summed E-state index contributed by atoms with van der Waals surface area (Å²) in [4.78, 5) is 12.6. The first-order chi connectivity index (χ1) is 15.9. The van der Waals surface area contributed by atoms with Crippen molar-refractivity contribution in [3.8, 4) is 5.75 Å². The number of amides is 1. The van der Waals surface area contributed by atoms with Crippen molar-refractivity contribution < 1.29 is 17.9 Å². The van der Waals surface area contributed by atoms with E-state index in [0.29, 0.717) is 5.75 Å². The van der Waals surface area contributed by atoms with Gasteiger partial charge in [-0.3, -0.25) is 4.79 Å². The van der Waals surface area contributed by atoms with Gasteiger partial charge in [0.1, 0.15) is 5.75 Å². The molecule has 0 saturated carbocycles. The predicted molar refractivity (Wildman–Crippen MR) is 127 cm³/mol. The van der Waals surface area contributed by atoms with Gasteiger partial charge >= 0.3 is 0 Å². The maximum Gasteiger partial charge on any atom is 0.258 e. The molecule has 3 aromatic carbocycles. The third kappa shape index (κ3) is 5.61. The quantitative estimate of drug-likeness (QED) is 0.545. The predicted octanol–water partition coefficient (Wildman–Crippen LogP) is 4.08. The summed E-state index contributed by atoms with van der Waals surface area (Å²) in [6.45, 7) is 0.157. The van der Waals surface area contributed by atoms with Crippen molar-refractivity contribution in [1.82, 2.24) is 9.62 Å². The molecule has 1 aliphatic rings.